The SMILES string of the molecule is CCCC(=O)C(=O)N1CCCC1C(=O)C(C)(C)CCc1ccc[n+]([O-])c1. The van der Waals surface area contributed by atoms with Gasteiger partial charge in [0.15, 0.2) is 18.2 Å². The molecule has 142 valence electrons. The number of ketones is 2. The standard InChI is InChI=1S/C20H28N2O4/c1-4-7-17(23)19(25)22-13-6-9-16(22)18(24)20(2,3)11-10-15-8-5-12-21(26)14-15/h5,8,12,14,16H,4,6-7,9-11,13H2,1-3H3. The lowest BCUT2D eigenvalue weighted by molar-refractivity contribution is -0.605. The van der Waals surface area contributed by atoms with Crippen LogP contribution in [0.5, 0.6) is 0 Å². The van der Waals surface area contributed by atoms with E-state index in [9.17, 15) is 19.6 Å². The average Bonchev–Trinajstić information content (AvgIpc) is 3.08. The first kappa shape index (κ1) is 20.1. The molecule has 0 bridgehead atoms. The first-order valence-corrected chi connectivity index (χ1v) is 9.32. The minimum absolute atomic E-state index is 0.00132. The number of nitrogens with zero attached hydrogens (tertiary/aromatic N) is 2. The molecule has 0 spiro atoms. The van der Waals surface area contributed by atoms with Crippen LogP contribution in [-0.4, -0.2) is 35.0 Å². The van der Waals surface area contributed by atoms with Crippen molar-refractivity contribution in [2.24, 2.45) is 5.41 Å². The van der Waals surface area contributed by atoms with Crippen LogP contribution in [0.4, 0.5) is 0 Å². The predicted molar refractivity (Wildman–Crippen MR) is 97.2 cm³/mol. The smallest absolute Gasteiger partial charge is 0.290 e. The van der Waals surface area contributed by atoms with E-state index in [1.807, 2.05) is 26.8 Å². The second-order valence-corrected chi connectivity index (χ2v) is 7.65. The highest BCUT2D eigenvalue weighted by molar-refractivity contribution is 6.36. The van der Waals surface area contributed by atoms with Crippen LogP contribution in [-0.2, 0) is 20.8 Å². The summed E-state index contributed by atoms with van der Waals surface area (Å²) in [5.74, 6) is -0.929. The van der Waals surface area contributed by atoms with E-state index in [1.165, 1.54) is 17.3 Å². The quantitative estimate of drug-likeness (QED) is 0.404. The van der Waals surface area contributed by atoms with Gasteiger partial charge in [0, 0.05) is 30.0 Å². The Morgan fingerprint density at radius 1 is 1.35 bits per heavy atom. The second-order valence-electron chi connectivity index (χ2n) is 7.65. The van der Waals surface area contributed by atoms with Gasteiger partial charge in [0.2, 0.25) is 5.78 Å². The fourth-order valence-corrected chi connectivity index (χ4v) is 3.46. The van der Waals surface area contributed by atoms with Crippen LogP contribution in [0, 0.1) is 10.6 Å². The molecule has 0 saturated carbocycles. The number of Topliss-reactive ketones (excluding diaryl/α,β-unsaturated/α-hetero) is 2. The Bertz CT molecular complexity index is 684. The Morgan fingerprint density at radius 2 is 2.08 bits per heavy atom. The van der Waals surface area contributed by atoms with E-state index in [0.29, 0.717) is 32.2 Å². The van der Waals surface area contributed by atoms with E-state index < -0.39 is 23.1 Å². The largest absolute Gasteiger partial charge is 0.619 e. The number of hydrogen-bond donors (Lipinski definition) is 0. The molecule has 2 heterocycles. The Kier molecular flexibility index (Phi) is 6.51. The summed E-state index contributed by atoms with van der Waals surface area (Å²) in [7, 11) is 0. The third kappa shape index (κ3) is 4.68. The van der Waals surface area contributed by atoms with E-state index in [0.717, 1.165) is 16.7 Å². The van der Waals surface area contributed by atoms with Gasteiger partial charge < -0.3 is 10.1 Å². The molecule has 2 rings (SSSR count). The number of aryl methyl sites for hydroxylation is 1. The summed E-state index contributed by atoms with van der Waals surface area (Å²) in [5.41, 5.74) is 0.242. The van der Waals surface area contributed by atoms with Gasteiger partial charge in [-0.2, -0.15) is 4.73 Å². The van der Waals surface area contributed by atoms with Gasteiger partial charge in [-0.1, -0.05) is 20.8 Å². The number of amides is 1. The molecule has 6 nitrogen and oxygen atoms in total. The topological polar surface area (TPSA) is 81.4 Å². The van der Waals surface area contributed by atoms with Gasteiger partial charge in [-0.25, -0.2) is 0 Å². The first-order chi connectivity index (χ1) is 12.3. The Labute approximate surface area is 154 Å². The molecule has 1 atom stereocenters. The number of pyridine rings is 1. The summed E-state index contributed by atoms with van der Waals surface area (Å²) >= 11 is 0. The number of rotatable bonds is 8. The van der Waals surface area contributed by atoms with E-state index in [1.54, 1.807) is 6.07 Å². The van der Waals surface area contributed by atoms with Crippen LogP contribution in [0.2, 0.25) is 0 Å². The molecule has 1 aromatic heterocycles. The third-order valence-electron chi connectivity index (χ3n) is 5.07. The fourth-order valence-electron chi connectivity index (χ4n) is 3.46. The van der Waals surface area contributed by atoms with Crippen molar-refractivity contribution in [1.29, 1.82) is 0 Å². The van der Waals surface area contributed by atoms with Gasteiger partial charge in [0.05, 0.1) is 6.04 Å². The summed E-state index contributed by atoms with van der Waals surface area (Å²) in [6.45, 7) is 6.07. The van der Waals surface area contributed by atoms with Crippen molar-refractivity contribution in [3.8, 4) is 0 Å². The van der Waals surface area contributed by atoms with E-state index in [4.69, 9.17) is 0 Å². The number of carbonyl (C=O) groups is 3. The molecule has 1 aliphatic rings. The molecule has 0 radical (unpaired) electrons. The van der Waals surface area contributed by atoms with Crippen LogP contribution in [0.1, 0.15) is 58.4 Å². The lowest BCUT2D eigenvalue weighted by atomic mass is 9.78. The molecular formula is C20H28N2O4. The number of hydrogen-bond acceptors (Lipinski definition) is 4. The maximum Gasteiger partial charge on any atom is 0.290 e. The lowest BCUT2D eigenvalue weighted by Crippen LogP contribution is -2.48. The number of carbonyl (C=O) groups excluding carboxylic acids is 3. The maximum atomic E-state index is 13.1. The van der Waals surface area contributed by atoms with Crippen molar-refractivity contribution in [1.82, 2.24) is 4.90 Å². The molecule has 0 aliphatic carbocycles. The molecular weight excluding hydrogens is 332 g/mol. The number of likely N-dealkylation sites (tertiary alicyclic amines) is 1. The molecule has 0 N–H and O–H groups in total. The summed E-state index contributed by atoms with van der Waals surface area (Å²) in [6, 6.07) is 3.04. The Morgan fingerprint density at radius 3 is 2.73 bits per heavy atom. The summed E-state index contributed by atoms with van der Waals surface area (Å²) < 4.78 is 0.751. The highest BCUT2D eigenvalue weighted by Gasteiger charge is 2.41. The zero-order valence-electron chi connectivity index (χ0n) is 15.9. The molecule has 26 heavy (non-hydrogen) atoms. The monoisotopic (exact) mass is 360 g/mol. The molecule has 6 heteroatoms. The predicted octanol–water partition coefficient (Wildman–Crippen LogP) is 2.21. The summed E-state index contributed by atoms with van der Waals surface area (Å²) in [6.07, 6.45) is 6.33. The Hall–Kier alpha value is -2.24. The molecule has 0 aromatic carbocycles. The molecule has 1 saturated heterocycles. The maximum absolute atomic E-state index is 13.1. The summed E-state index contributed by atoms with van der Waals surface area (Å²) in [4.78, 5) is 38.9. The average molecular weight is 360 g/mol. The van der Waals surface area contributed by atoms with E-state index >= 15 is 0 Å². The van der Waals surface area contributed by atoms with Crippen molar-refractivity contribution < 1.29 is 19.1 Å². The van der Waals surface area contributed by atoms with E-state index in [2.05, 4.69) is 0 Å². The Balaban J connectivity index is 2.04. The normalized spacial score (nSPS) is 17.3. The van der Waals surface area contributed by atoms with Crippen LogP contribution >= 0.6 is 0 Å². The molecule has 1 fully saturated rings. The van der Waals surface area contributed by atoms with Gasteiger partial charge in [0.25, 0.3) is 5.91 Å². The van der Waals surface area contributed by atoms with Gasteiger partial charge in [-0.15, -0.1) is 0 Å². The summed E-state index contributed by atoms with van der Waals surface area (Å²) in [5, 5.41) is 11.4. The van der Waals surface area contributed by atoms with Crippen molar-refractivity contribution in [3.63, 3.8) is 0 Å². The number of aromatic nitrogens is 1. The van der Waals surface area contributed by atoms with Crippen molar-refractivity contribution in [2.75, 3.05) is 6.54 Å². The van der Waals surface area contributed by atoms with Gasteiger partial charge in [0.1, 0.15) is 0 Å². The van der Waals surface area contributed by atoms with Gasteiger partial charge in [-0.05, 0) is 38.2 Å². The van der Waals surface area contributed by atoms with Crippen LogP contribution in [0.15, 0.2) is 24.5 Å². The van der Waals surface area contributed by atoms with E-state index in [-0.39, 0.29) is 12.2 Å². The van der Waals surface area contributed by atoms with Crippen LogP contribution in [0.25, 0.3) is 0 Å². The first-order valence-electron chi connectivity index (χ1n) is 9.32. The van der Waals surface area contributed by atoms with Crippen LogP contribution in [0.3, 0.4) is 0 Å². The van der Waals surface area contributed by atoms with Crippen molar-refractivity contribution >= 4 is 17.5 Å². The van der Waals surface area contributed by atoms with Crippen LogP contribution < -0.4 is 4.73 Å². The van der Waals surface area contributed by atoms with Crippen molar-refractivity contribution in [3.05, 3.63) is 35.3 Å². The highest BCUT2D eigenvalue weighted by atomic mass is 16.5. The van der Waals surface area contributed by atoms with Gasteiger partial charge >= 0.3 is 0 Å². The second kappa shape index (κ2) is 8.43. The molecule has 1 amide bonds. The zero-order valence-corrected chi connectivity index (χ0v) is 15.9. The molecule has 1 aliphatic heterocycles. The molecule has 1 unspecified atom stereocenters. The zero-order chi connectivity index (χ0) is 19.3. The minimum Gasteiger partial charge on any atom is -0.619 e. The van der Waals surface area contributed by atoms with Gasteiger partial charge in [-0.3, -0.25) is 14.4 Å². The highest BCUT2D eigenvalue weighted by Crippen LogP contribution is 2.31. The minimum atomic E-state index is -0.634. The fraction of sp³-hybridized carbons (Fsp3) is 0.600. The lowest BCUT2D eigenvalue weighted by Gasteiger charge is -2.31. The third-order valence-corrected chi connectivity index (χ3v) is 5.07. The molecule has 1 aromatic rings. The van der Waals surface area contributed by atoms with Crippen molar-refractivity contribution in [2.45, 2.75) is 65.3 Å².